The van der Waals surface area contributed by atoms with E-state index in [0.29, 0.717) is 95.9 Å². The quantitative estimate of drug-likeness (QED) is 0.135. The van der Waals surface area contributed by atoms with Crippen molar-refractivity contribution in [2.45, 2.75) is 10.8 Å². The van der Waals surface area contributed by atoms with E-state index in [9.17, 15) is 21.9 Å². The molecule has 24 aromatic rings. The molecule has 7 heterocycles. The van der Waals surface area contributed by atoms with Crippen LogP contribution in [0.1, 0.15) is 66.4 Å². The molecule has 2 aliphatic carbocycles. The highest BCUT2D eigenvalue weighted by Gasteiger charge is 2.54. The van der Waals surface area contributed by atoms with E-state index in [1.165, 1.54) is 0 Å². The fourth-order valence-corrected chi connectivity index (χ4v) is 23.9. The number of para-hydroxylation sites is 9. The van der Waals surface area contributed by atoms with Crippen LogP contribution in [0.2, 0.25) is 0 Å². The fourth-order valence-electron chi connectivity index (χ4n) is 23.9. The molecule has 0 fully saturated rings. The smallest absolute Gasteiger partial charge is 0.252 e. The van der Waals surface area contributed by atoms with Gasteiger partial charge in [-0.3, -0.25) is 0 Å². The molecule has 0 radical (unpaired) electrons. The van der Waals surface area contributed by atoms with Gasteiger partial charge in [-0.2, -0.15) is 0 Å². The lowest BCUT2D eigenvalue weighted by atomic mass is 9.33. The van der Waals surface area contributed by atoms with Crippen LogP contribution in [0.15, 0.2) is 471 Å². The molecule has 4 aliphatic heterocycles. The van der Waals surface area contributed by atoms with Crippen LogP contribution in [0.5, 0.6) is 23.0 Å². The van der Waals surface area contributed by atoms with E-state index < -0.39 is 114 Å². The lowest BCUT2D eigenvalue weighted by molar-refractivity contribution is 0.436. The standard InChI is InChI=1S/C128H77BN4O3/c1-3-31-78(32-4-1)86-44-29-45-87(79-33-5-2-6-34-79)125(86)132-114-76-84(130-110-54-22-11-39-94(110)95-40-12-23-55-111(95)130)64-66-108(114)129-109-67-65-85(131-112-56-24-13-41-96(112)97-42-14-25-57-113(97)131)77-115(109)133(117-75-83(74-116(132)124(117)129)80-61-68-119-99(71-80)98-43-15-26-58-118(98)134-119)126-88(81-62-69-122-106(72-81)127(104-52-20-27-59-120(104)135-122)100-48-16-7-35-90(100)91-36-8-17-49-101(91)127)46-30-47-89(126)82-63-70-123-107(73-82)128(105-53-21-28-60-121(105)136-123)102-50-18-9-37-92(102)93-38-10-19-51-103(93)128/h1-77H/i11D,12D,13D,14D,22D,23D,24D,25D,39D,40D,41D,42D,54D,55D,56D,57D. The van der Waals surface area contributed by atoms with E-state index in [0.717, 1.165) is 122 Å². The maximum absolute atomic E-state index is 10.3. The maximum atomic E-state index is 10.3. The Morgan fingerprint density at radius 1 is 0.228 bits per heavy atom. The van der Waals surface area contributed by atoms with Crippen molar-refractivity contribution in [3.05, 3.63) is 511 Å². The van der Waals surface area contributed by atoms with Crippen LogP contribution in [0.25, 0.3) is 155 Å². The number of hydrogen-bond donors (Lipinski definition) is 0. The molecule has 630 valence electrons. The van der Waals surface area contributed by atoms with Crippen molar-refractivity contribution >= 4 is 123 Å². The minimum atomic E-state index is -0.995. The highest BCUT2D eigenvalue weighted by Crippen LogP contribution is 2.66. The van der Waals surface area contributed by atoms with Gasteiger partial charge in [-0.15, -0.1) is 0 Å². The molecule has 0 N–H and O–H groups in total. The summed E-state index contributed by atoms with van der Waals surface area (Å²) in [5, 5.41) is 1.25. The summed E-state index contributed by atoms with van der Waals surface area (Å²) in [5.41, 5.74) is 25.0. The minimum Gasteiger partial charge on any atom is -0.457 e. The van der Waals surface area contributed by atoms with Crippen LogP contribution in [-0.4, -0.2) is 15.8 Å². The van der Waals surface area contributed by atoms with Gasteiger partial charge in [0.2, 0.25) is 0 Å². The van der Waals surface area contributed by atoms with E-state index in [2.05, 4.69) is 259 Å². The van der Waals surface area contributed by atoms with Crippen molar-refractivity contribution in [1.82, 2.24) is 9.13 Å². The molecular weight excluding hydrogens is 1650 g/mol. The molecule has 6 aliphatic rings. The van der Waals surface area contributed by atoms with E-state index >= 15 is 0 Å². The third-order valence-corrected chi connectivity index (χ3v) is 29.3. The number of aromatic nitrogens is 2. The summed E-state index contributed by atoms with van der Waals surface area (Å²) in [4.78, 5) is 4.66. The van der Waals surface area contributed by atoms with Crippen LogP contribution in [-0.2, 0) is 10.8 Å². The Labute approximate surface area is 807 Å². The number of fused-ring (bicyclic) bond motifs is 31. The molecule has 0 amide bonds. The second-order valence-electron chi connectivity index (χ2n) is 35.8. The van der Waals surface area contributed by atoms with Crippen LogP contribution < -0.4 is 35.7 Å². The molecule has 7 nitrogen and oxygen atoms in total. The Morgan fingerprint density at radius 2 is 0.581 bits per heavy atom. The molecule has 0 unspecified atom stereocenters. The Kier molecular flexibility index (Phi) is 12.7. The number of furan rings is 1. The summed E-state index contributed by atoms with van der Waals surface area (Å²) >= 11 is 0. The van der Waals surface area contributed by atoms with Gasteiger partial charge in [-0.1, -0.05) is 352 Å². The summed E-state index contributed by atoms with van der Waals surface area (Å²) in [6, 6.07) is 119. The van der Waals surface area contributed by atoms with Crippen LogP contribution in [0.3, 0.4) is 0 Å². The fraction of sp³-hybridized carbons (Fsp3) is 0.0156. The predicted octanol–water partition coefficient (Wildman–Crippen LogP) is 31.1. The Balaban J connectivity index is 0.800. The van der Waals surface area contributed by atoms with E-state index in [4.69, 9.17) is 13.9 Å². The molecule has 3 aromatic heterocycles. The number of rotatable bonds is 9. The van der Waals surface area contributed by atoms with Crippen molar-refractivity contribution in [3.8, 4) is 112 Å². The van der Waals surface area contributed by atoms with Crippen molar-refractivity contribution in [1.29, 1.82) is 0 Å². The van der Waals surface area contributed by atoms with Crippen molar-refractivity contribution in [2.24, 2.45) is 0 Å². The van der Waals surface area contributed by atoms with Gasteiger partial charge in [0, 0.05) is 111 Å². The number of benzene rings is 21. The van der Waals surface area contributed by atoms with Crippen molar-refractivity contribution in [2.75, 3.05) is 9.80 Å². The molecule has 0 saturated heterocycles. The highest BCUT2D eigenvalue weighted by atomic mass is 16.5. The zero-order valence-electron chi connectivity index (χ0n) is 88.3. The van der Waals surface area contributed by atoms with Gasteiger partial charge in [0.25, 0.3) is 6.71 Å². The summed E-state index contributed by atoms with van der Waals surface area (Å²) in [6.07, 6.45) is 0. The van der Waals surface area contributed by atoms with Gasteiger partial charge in [-0.25, -0.2) is 0 Å². The minimum absolute atomic E-state index is 0.0869. The topological polar surface area (TPSA) is 47.9 Å². The van der Waals surface area contributed by atoms with E-state index in [-0.39, 0.29) is 55.0 Å². The molecule has 136 heavy (non-hydrogen) atoms. The number of nitrogens with zero attached hydrogens (tertiary/aromatic N) is 4. The summed E-state index contributed by atoms with van der Waals surface area (Å²) in [6.45, 7) is -0.929. The number of ether oxygens (including phenoxy) is 2. The monoisotopic (exact) mass is 1740 g/mol. The molecule has 8 heteroatoms. The zero-order valence-corrected chi connectivity index (χ0v) is 72.3. The second kappa shape index (κ2) is 28.4. The Bertz CT molecular complexity index is 9860. The lowest BCUT2D eigenvalue weighted by Crippen LogP contribution is -2.61. The second-order valence-corrected chi connectivity index (χ2v) is 35.8. The van der Waals surface area contributed by atoms with Gasteiger partial charge in [0.1, 0.15) is 34.2 Å². The van der Waals surface area contributed by atoms with E-state index in [1.54, 1.807) is 9.13 Å². The average Bonchev–Trinajstić information content (AvgIpc) is 1.67. The van der Waals surface area contributed by atoms with Crippen molar-refractivity contribution in [3.63, 3.8) is 0 Å². The summed E-state index contributed by atoms with van der Waals surface area (Å²) in [5.74, 6) is 2.67. The first-order chi connectivity index (χ1) is 74.1. The van der Waals surface area contributed by atoms with Gasteiger partial charge >= 0.3 is 0 Å². The third kappa shape index (κ3) is 10.3. The Hall–Kier alpha value is -17.7. The average molecular weight is 1750 g/mol. The molecule has 0 bridgehead atoms. The zero-order chi connectivity index (χ0) is 103. The molecule has 0 saturated carbocycles. The molecule has 30 rings (SSSR count). The number of hydrogen-bond acceptors (Lipinski definition) is 5. The van der Waals surface area contributed by atoms with Gasteiger partial charge in [0.05, 0.1) is 66.2 Å². The largest absolute Gasteiger partial charge is 0.457 e. The van der Waals surface area contributed by atoms with Gasteiger partial charge in [-0.05, 0) is 209 Å². The summed E-state index contributed by atoms with van der Waals surface area (Å²) in [7, 11) is 0. The van der Waals surface area contributed by atoms with E-state index in [1.807, 2.05) is 121 Å². The maximum Gasteiger partial charge on any atom is 0.252 e. The third-order valence-electron chi connectivity index (χ3n) is 29.3. The lowest BCUT2D eigenvalue weighted by Gasteiger charge is -2.46. The number of anilines is 6. The molecule has 0 atom stereocenters. The van der Waals surface area contributed by atoms with Crippen LogP contribution in [0.4, 0.5) is 34.1 Å². The predicted molar refractivity (Wildman–Crippen MR) is 558 cm³/mol. The van der Waals surface area contributed by atoms with Crippen LogP contribution >= 0.6 is 0 Å². The van der Waals surface area contributed by atoms with Gasteiger partial charge in [0.15, 0.2) is 0 Å². The SMILES string of the molecule is [2H]c1c([2H])c([2H])c2c(c1[2H])c1c([2H])c([2H])c([2H])c([2H])c1n2-c1ccc2c(c1)N(c1c(-c3ccccc3)cccc1-c1ccccc1)c1cc(-c3ccc4oc5ccccc5c4c3)cc3c1B2c1ccc(-n2c4c([2H])c([2H])c([2H])c([2H])c4c4c([2H])c([2H])c([2H])c([2H])c42)cc1N3c1c(-c2ccc3c(c2)C2(c4ccccc4O3)c3ccccc3-c3ccccc32)cccc1-c1ccc2c(c1)C1(c3ccccc3O2)c2ccccc2-c2ccccc21. The first-order valence-electron chi connectivity index (χ1n) is 53.7. The summed E-state index contributed by atoms with van der Waals surface area (Å²) < 4.78 is 181. The first kappa shape index (κ1) is 61.0. The van der Waals surface area contributed by atoms with Crippen LogP contribution in [0, 0.1) is 0 Å². The molecule has 2 spiro atoms. The van der Waals surface area contributed by atoms with Gasteiger partial charge < -0.3 is 32.8 Å². The normalized spacial score (nSPS) is 15.4. The molecular formula is C128H77BN4O3. The molecule has 21 aromatic carbocycles. The highest BCUT2D eigenvalue weighted by molar-refractivity contribution is 7.00. The Morgan fingerprint density at radius 3 is 1.02 bits per heavy atom. The van der Waals surface area contributed by atoms with Crippen molar-refractivity contribution < 1.29 is 35.8 Å². The first-order valence-corrected chi connectivity index (χ1v) is 45.7.